The second-order valence-electron chi connectivity index (χ2n) is 5.29. The van der Waals surface area contributed by atoms with E-state index in [-0.39, 0.29) is 11.8 Å². The van der Waals surface area contributed by atoms with Gasteiger partial charge in [0.15, 0.2) is 0 Å². The first kappa shape index (κ1) is 15.5. The molecule has 6 heteroatoms. The molecule has 0 unspecified atom stereocenters. The van der Waals surface area contributed by atoms with Gasteiger partial charge in [0, 0.05) is 22.0 Å². The summed E-state index contributed by atoms with van der Waals surface area (Å²) in [7, 11) is 0. The fraction of sp³-hybridized carbons (Fsp3) is 0.0556. The average molecular weight is 322 g/mol. The minimum Gasteiger partial charge on any atom is -0.494 e. The summed E-state index contributed by atoms with van der Waals surface area (Å²) in [5, 5.41) is 24.0. The molecule has 24 heavy (non-hydrogen) atoms. The first-order chi connectivity index (χ1) is 11.6. The molecule has 6 nitrogen and oxygen atoms in total. The van der Waals surface area contributed by atoms with Crippen molar-refractivity contribution in [2.75, 3.05) is 0 Å². The van der Waals surface area contributed by atoms with Crippen molar-refractivity contribution in [2.45, 2.75) is 6.54 Å². The number of rotatable bonds is 4. The molecule has 0 fully saturated rings. The molecule has 1 heterocycles. The highest BCUT2D eigenvalue weighted by Crippen LogP contribution is 2.37. The fourth-order valence-corrected chi connectivity index (χ4v) is 2.55. The second-order valence-corrected chi connectivity index (χ2v) is 5.29. The highest BCUT2D eigenvalue weighted by atomic mass is 16.3. The largest absolute Gasteiger partial charge is 0.494 e. The van der Waals surface area contributed by atoms with Crippen LogP contribution in [0.15, 0.2) is 59.8 Å². The molecular weight excluding hydrogens is 308 g/mol. The number of carbonyl (C=O) groups is 1. The lowest BCUT2D eigenvalue weighted by Gasteiger charge is -2.06. The molecule has 1 amide bonds. The van der Waals surface area contributed by atoms with Crippen LogP contribution in [0.2, 0.25) is 0 Å². The predicted octanol–water partition coefficient (Wildman–Crippen LogP) is 3.41. The third-order valence-electron chi connectivity index (χ3n) is 3.73. The molecule has 0 radical (unpaired) electrons. The lowest BCUT2D eigenvalue weighted by molar-refractivity contribution is -0.113. The van der Waals surface area contributed by atoms with Crippen molar-refractivity contribution in [2.24, 2.45) is 5.18 Å². The van der Waals surface area contributed by atoms with Gasteiger partial charge in [0.05, 0.1) is 6.54 Å². The number of nitroso groups, excluding NO2 is 1. The number of hydrogen-bond donors (Lipinski definition) is 2. The Morgan fingerprint density at radius 3 is 2.46 bits per heavy atom. The maximum absolute atomic E-state index is 10.9. The molecule has 120 valence electrons. The molecule has 0 atom stereocenters. The Labute approximate surface area is 137 Å². The number of nitrogens with zero attached hydrogens (tertiary/aromatic N) is 2. The number of hydrogen-bond acceptors (Lipinski definition) is 4. The Hall–Kier alpha value is -3.41. The van der Waals surface area contributed by atoms with E-state index in [1.165, 1.54) is 10.6 Å². The molecule has 1 aromatic heterocycles. The van der Waals surface area contributed by atoms with E-state index in [4.69, 9.17) is 0 Å². The standard InChI is InChI=1S/C18H14N2O4/c21-16(19-24)9-7-12-6-8-14-15(10-12)18(23)20(17(14)22)11-13-4-2-1-3-5-13/h1-10,22-23H,11H2/b9-7+. The van der Waals surface area contributed by atoms with Crippen LogP contribution in [0.3, 0.4) is 0 Å². The Kier molecular flexibility index (Phi) is 4.11. The van der Waals surface area contributed by atoms with Gasteiger partial charge in [0.25, 0.3) is 0 Å². The summed E-state index contributed by atoms with van der Waals surface area (Å²) in [4.78, 5) is 21.0. The Morgan fingerprint density at radius 1 is 1.04 bits per heavy atom. The molecule has 3 aromatic rings. The van der Waals surface area contributed by atoms with Gasteiger partial charge in [-0.1, -0.05) is 36.4 Å². The molecule has 2 aromatic carbocycles. The fourth-order valence-electron chi connectivity index (χ4n) is 2.55. The summed E-state index contributed by atoms with van der Waals surface area (Å²) >= 11 is 0. The first-order valence-electron chi connectivity index (χ1n) is 7.23. The van der Waals surface area contributed by atoms with Gasteiger partial charge in [0.1, 0.15) is 0 Å². The highest BCUT2D eigenvalue weighted by molar-refractivity contribution is 5.96. The minimum absolute atomic E-state index is 0.0347. The maximum atomic E-state index is 10.9. The molecule has 0 aliphatic carbocycles. The Morgan fingerprint density at radius 2 is 1.75 bits per heavy atom. The van der Waals surface area contributed by atoms with E-state index in [1.807, 2.05) is 30.3 Å². The zero-order valence-electron chi connectivity index (χ0n) is 12.6. The quantitative estimate of drug-likeness (QED) is 0.569. The first-order valence-corrected chi connectivity index (χ1v) is 7.23. The molecule has 0 aliphatic rings. The summed E-state index contributed by atoms with van der Waals surface area (Å²) in [5.74, 6) is -0.988. The van der Waals surface area contributed by atoms with Crippen molar-refractivity contribution in [3.05, 3.63) is 70.6 Å². The van der Waals surface area contributed by atoms with E-state index in [9.17, 15) is 19.9 Å². The number of aromatic nitrogens is 1. The second kappa shape index (κ2) is 6.37. The zero-order valence-corrected chi connectivity index (χ0v) is 12.6. The van der Waals surface area contributed by atoms with Crippen LogP contribution < -0.4 is 0 Å². The van der Waals surface area contributed by atoms with E-state index in [2.05, 4.69) is 5.18 Å². The molecule has 0 bridgehead atoms. The number of carbonyl (C=O) groups excluding carboxylic acids is 1. The molecule has 0 spiro atoms. The summed E-state index contributed by atoms with van der Waals surface area (Å²) in [6.07, 6.45) is 2.47. The Balaban J connectivity index is 2.02. The van der Waals surface area contributed by atoms with Gasteiger partial charge in [-0.25, -0.2) is 0 Å². The van der Waals surface area contributed by atoms with Crippen LogP contribution in [0, 0.1) is 4.91 Å². The van der Waals surface area contributed by atoms with E-state index in [0.717, 1.165) is 11.6 Å². The van der Waals surface area contributed by atoms with Gasteiger partial charge >= 0.3 is 5.91 Å². The van der Waals surface area contributed by atoms with Crippen LogP contribution in [0.5, 0.6) is 11.8 Å². The lowest BCUT2D eigenvalue weighted by atomic mass is 10.1. The van der Waals surface area contributed by atoms with E-state index in [0.29, 0.717) is 22.9 Å². The van der Waals surface area contributed by atoms with Crippen LogP contribution in [-0.2, 0) is 11.3 Å². The van der Waals surface area contributed by atoms with Crippen molar-refractivity contribution >= 4 is 22.8 Å². The van der Waals surface area contributed by atoms with Gasteiger partial charge in [-0.3, -0.25) is 9.36 Å². The third-order valence-corrected chi connectivity index (χ3v) is 3.73. The number of fused-ring (bicyclic) bond motifs is 1. The van der Waals surface area contributed by atoms with Gasteiger partial charge in [-0.15, -0.1) is 4.91 Å². The molecule has 0 saturated heterocycles. The van der Waals surface area contributed by atoms with Gasteiger partial charge in [-0.05, 0) is 29.3 Å². The lowest BCUT2D eigenvalue weighted by Crippen LogP contribution is -1.97. The van der Waals surface area contributed by atoms with Gasteiger partial charge < -0.3 is 10.2 Å². The van der Waals surface area contributed by atoms with Crippen LogP contribution in [0.25, 0.3) is 16.8 Å². The van der Waals surface area contributed by atoms with Crippen molar-refractivity contribution in [3.63, 3.8) is 0 Å². The van der Waals surface area contributed by atoms with Crippen LogP contribution in [0.1, 0.15) is 11.1 Å². The third kappa shape index (κ3) is 2.89. The SMILES string of the molecule is O=NC(=O)/C=C/c1ccc2c(O)n(Cc3ccccc3)c(O)c2c1. The minimum atomic E-state index is -0.885. The van der Waals surface area contributed by atoms with Crippen LogP contribution in [0.4, 0.5) is 0 Å². The maximum Gasteiger partial charge on any atom is 0.309 e. The number of amides is 1. The number of benzene rings is 2. The highest BCUT2D eigenvalue weighted by Gasteiger charge is 2.16. The smallest absolute Gasteiger partial charge is 0.309 e. The normalized spacial score (nSPS) is 11.2. The molecule has 0 saturated carbocycles. The van der Waals surface area contributed by atoms with E-state index >= 15 is 0 Å². The zero-order chi connectivity index (χ0) is 17.1. The monoisotopic (exact) mass is 322 g/mol. The van der Waals surface area contributed by atoms with Crippen molar-refractivity contribution in [1.82, 2.24) is 4.57 Å². The van der Waals surface area contributed by atoms with Crippen molar-refractivity contribution in [3.8, 4) is 11.8 Å². The van der Waals surface area contributed by atoms with Crippen LogP contribution in [-0.4, -0.2) is 20.7 Å². The van der Waals surface area contributed by atoms with Gasteiger partial charge in [0.2, 0.25) is 11.8 Å². The molecular formula is C18H14N2O4. The Bertz CT molecular complexity index is 943. The van der Waals surface area contributed by atoms with Crippen molar-refractivity contribution < 1.29 is 15.0 Å². The van der Waals surface area contributed by atoms with Gasteiger partial charge in [-0.2, -0.15) is 0 Å². The average Bonchev–Trinajstić information content (AvgIpc) is 2.85. The topological polar surface area (TPSA) is 91.9 Å². The number of aromatic hydroxyl groups is 2. The molecule has 0 aliphatic heterocycles. The summed E-state index contributed by atoms with van der Waals surface area (Å²) in [5.41, 5.74) is 1.54. The van der Waals surface area contributed by atoms with Crippen LogP contribution >= 0.6 is 0 Å². The molecule has 3 rings (SSSR count). The predicted molar refractivity (Wildman–Crippen MR) is 90.6 cm³/mol. The molecule has 2 N–H and O–H groups in total. The van der Waals surface area contributed by atoms with E-state index < -0.39 is 5.91 Å². The summed E-state index contributed by atoms with van der Waals surface area (Å²) < 4.78 is 1.41. The summed E-state index contributed by atoms with van der Waals surface area (Å²) in [6.45, 7) is 0.325. The summed E-state index contributed by atoms with van der Waals surface area (Å²) in [6, 6.07) is 14.4. The van der Waals surface area contributed by atoms with E-state index in [1.54, 1.807) is 18.2 Å². The van der Waals surface area contributed by atoms with Crippen molar-refractivity contribution in [1.29, 1.82) is 0 Å².